The number of nitrogens with one attached hydrogen (secondary N) is 3. The Morgan fingerprint density at radius 1 is 1.20 bits per heavy atom. The molecule has 25 heavy (non-hydrogen) atoms. The lowest BCUT2D eigenvalue weighted by atomic mass is 9.94. The lowest BCUT2D eigenvalue weighted by molar-refractivity contribution is -0.113. The minimum Gasteiger partial charge on any atom is -0.351 e. The molecule has 4 nitrogen and oxygen atoms in total. The van der Waals surface area contributed by atoms with Gasteiger partial charge < -0.3 is 16.0 Å². The van der Waals surface area contributed by atoms with Crippen molar-refractivity contribution in [1.82, 2.24) is 10.6 Å². The third-order valence-corrected chi connectivity index (χ3v) is 4.38. The predicted molar refractivity (Wildman–Crippen MR) is 101 cm³/mol. The number of halogens is 2. The quantitative estimate of drug-likeness (QED) is 0.712. The van der Waals surface area contributed by atoms with Crippen LogP contribution in [-0.4, -0.2) is 11.0 Å². The zero-order valence-electron chi connectivity index (χ0n) is 13.3. The van der Waals surface area contributed by atoms with Gasteiger partial charge in [0.25, 0.3) is 5.91 Å². The van der Waals surface area contributed by atoms with Crippen LogP contribution >= 0.6 is 23.8 Å². The summed E-state index contributed by atoms with van der Waals surface area (Å²) in [6.45, 7) is 1.72. The Kier molecular flexibility index (Phi) is 5.01. The SMILES string of the molecule is CC1=C(C(=O)Nc2ccccc2)[C@H](c2c(F)cccc2Cl)NC(=S)N1. The van der Waals surface area contributed by atoms with Gasteiger partial charge in [0.15, 0.2) is 5.11 Å². The van der Waals surface area contributed by atoms with E-state index in [4.69, 9.17) is 23.8 Å². The van der Waals surface area contributed by atoms with Gasteiger partial charge in [-0.15, -0.1) is 0 Å². The van der Waals surface area contributed by atoms with Crippen LogP contribution in [0.15, 0.2) is 59.8 Å². The van der Waals surface area contributed by atoms with Gasteiger partial charge in [-0.1, -0.05) is 35.9 Å². The summed E-state index contributed by atoms with van der Waals surface area (Å²) in [4.78, 5) is 12.8. The smallest absolute Gasteiger partial charge is 0.255 e. The van der Waals surface area contributed by atoms with Gasteiger partial charge in [-0.3, -0.25) is 4.79 Å². The average Bonchev–Trinajstić information content (AvgIpc) is 2.55. The van der Waals surface area contributed by atoms with Crippen LogP contribution < -0.4 is 16.0 Å². The van der Waals surface area contributed by atoms with Crippen LogP contribution in [0.1, 0.15) is 18.5 Å². The van der Waals surface area contributed by atoms with Crippen LogP contribution in [0.25, 0.3) is 0 Å². The Hall–Kier alpha value is -2.44. The van der Waals surface area contributed by atoms with Crippen molar-refractivity contribution < 1.29 is 9.18 Å². The van der Waals surface area contributed by atoms with Crippen LogP contribution in [0.4, 0.5) is 10.1 Å². The Bertz CT molecular complexity index is 850. The fourth-order valence-electron chi connectivity index (χ4n) is 2.72. The van der Waals surface area contributed by atoms with Crippen molar-refractivity contribution in [3.8, 4) is 0 Å². The van der Waals surface area contributed by atoms with E-state index in [1.165, 1.54) is 12.1 Å². The second kappa shape index (κ2) is 7.21. The molecule has 1 atom stereocenters. The van der Waals surface area contributed by atoms with E-state index < -0.39 is 11.9 Å². The van der Waals surface area contributed by atoms with E-state index in [1.54, 1.807) is 25.1 Å². The van der Waals surface area contributed by atoms with E-state index >= 15 is 0 Å². The Balaban J connectivity index is 2.02. The molecule has 7 heteroatoms. The van der Waals surface area contributed by atoms with Gasteiger partial charge in [0.2, 0.25) is 0 Å². The van der Waals surface area contributed by atoms with Crippen LogP contribution in [0.5, 0.6) is 0 Å². The minimum atomic E-state index is -0.786. The predicted octanol–water partition coefficient (Wildman–Crippen LogP) is 3.91. The molecule has 0 radical (unpaired) electrons. The highest BCUT2D eigenvalue weighted by atomic mass is 35.5. The summed E-state index contributed by atoms with van der Waals surface area (Å²) in [5.74, 6) is -0.872. The van der Waals surface area contributed by atoms with E-state index in [0.717, 1.165) is 0 Å². The summed E-state index contributed by atoms with van der Waals surface area (Å²) in [5.41, 5.74) is 1.69. The topological polar surface area (TPSA) is 53.2 Å². The van der Waals surface area contributed by atoms with Gasteiger partial charge in [-0.25, -0.2) is 4.39 Å². The number of carbonyl (C=O) groups is 1. The number of amides is 1. The Morgan fingerprint density at radius 3 is 2.60 bits per heavy atom. The second-order valence-electron chi connectivity index (χ2n) is 5.53. The molecular formula is C18H15ClFN3OS. The van der Waals surface area contributed by atoms with Crippen molar-refractivity contribution in [1.29, 1.82) is 0 Å². The highest BCUT2D eigenvalue weighted by Gasteiger charge is 2.33. The van der Waals surface area contributed by atoms with Crippen LogP contribution in [0.2, 0.25) is 5.02 Å². The van der Waals surface area contributed by atoms with Gasteiger partial charge in [0.05, 0.1) is 11.6 Å². The minimum absolute atomic E-state index is 0.186. The van der Waals surface area contributed by atoms with E-state index in [9.17, 15) is 9.18 Å². The average molecular weight is 376 g/mol. The molecule has 0 aromatic heterocycles. The molecule has 1 amide bonds. The molecule has 1 aliphatic heterocycles. The fraction of sp³-hybridized carbons (Fsp3) is 0.111. The number of hydrogen-bond acceptors (Lipinski definition) is 2. The maximum atomic E-state index is 14.4. The van der Waals surface area contributed by atoms with E-state index in [1.807, 2.05) is 18.2 Å². The van der Waals surface area contributed by atoms with Crippen LogP contribution in [0, 0.1) is 5.82 Å². The van der Waals surface area contributed by atoms with Crippen molar-refractivity contribution >= 4 is 40.5 Å². The molecule has 0 saturated carbocycles. The van der Waals surface area contributed by atoms with Gasteiger partial charge >= 0.3 is 0 Å². The number of hydrogen-bond donors (Lipinski definition) is 3. The summed E-state index contributed by atoms with van der Waals surface area (Å²) < 4.78 is 14.4. The monoisotopic (exact) mass is 375 g/mol. The third kappa shape index (κ3) is 3.65. The number of para-hydroxylation sites is 1. The number of carbonyl (C=O) groups excluding carboxylic acids is 1. The highest BCUT2D eigenvalue weighted by Crippen LogP contribution is 2.33. The molecule has 0 saturated heterocycles. The first kappa shape index (κ1) is 17.4. The number of thiocarbonyl (C=S) groups is 1. The highest BCUT2D eigenvalue weighted by molar-refractivity contribution is 7.80. The van der Waals surface area contributed by atoms with E-state index in [-0.39, 0.29) is 16.5 Å². The van der Waals surface area contributed by atoms with Gasteiger partial charge in [0.1, 0.15) is 5.82 Å². The molecule has 3 rings (SSSR count). The summed E-state index contributed by atoms with van der Waals surface area (Å²) >= 11 is 11.4. The zero-order chi connectivity index (χ0) is 18.0. The molecule has 128 valence electrons. The summed E-state index contributed by atoms with van der Waals surface area (Å²) in [5, 5.41) is 9.18. The normalized spacial score (nSPS) is 16.9. The van der Waals surface area contributed by atoms with Crippen LogP contribution in [-0.2, 0) is 4.79 Å². The maximum Gasteiger partial charge on any atom is 0.255 e. The first-order chi connectivity index (χ1) is 12.0. The van der Waals surface area contributed by atoms with Crippen molar-refractivity contribution in [2.75, 3.05) is 5.32 Å². The largest absolute Gasteiger partial charge is 0.351 e. The zero-order valence-corrected chi connectivity index (χ0v) is 14.8. The summed E-state index contributed by atoms with van der Waals surface area (Å²) in [6, 6.07) is 12.6. The molecule has 0 aliphatic carbocycles. The number of benzene rings is 2. The first-order valence-corrected chi connectivity index (χ1v) is 8.34. The standard InChI is InChI=1S/C18H15ClFN3OS/c1-10-14(17(24)22-11-6-3-2-4-7-11)16(23-18(25)21-10)15-12(19)8-5-9-13(15)20/h2-9,16H,1H3,(H,22,24)(H2,21,23,25)/t16-/m1/s1. The molecule has 0 unspecified atom stereocenters. The number of allylic oxidation sites excluding steroid dienone is 1. The molecule has 0 fully saturated rings. The number of anilines is 1. The molecule has 2 aromatic rings. The molecular weight excluding hydrogens is 361 g/mol. The molecule has 1 heterocycles. The lowest BCUT2D eigenvalue weighted by Crippen LogP contribution is -2.46. The lowest BCUT2D eigenvalue weighted by Gasteiger charge is -2.31. The number of rotatable bonds is 3. The second-order valence-corrected chi connectivity index (χ2v) is 6.34. The third-order valence-electron chi connectivity index (χ3n) is 3.83. The fourth-order valence-corrected chi connectivity index (χ4v) is 3.26. The van der Waals surface area contributed by atoms with E-state index in [2.05, 4.69) is 16.0 Å². The van der Waals surface area contributed by atoms with E-state index in [0.29, 0.717) is 22.1 Å². The summed E-state index contributed by atoms with van der Waals surface area (Å²) in [7, 11) is 0. The Morgan fingerprint density at radius 2 is 1.92 bits per heavy atom. The van der Waals surface area contributed by atoms with Gasteiger partial charge in [-0.05, 0) is 43.4 Å². The Labute approximate surface area is 155 Å². The van der Waals surface area contributed by atoms with Crippen molar-refractivity contribution in [2.24, 2.45) is 0 Å². The van der Waals surface area contributed by atoms with Gasteiger partial charge in [0, 0.05) is 22.0 Å². The maximum absolute atomic E-state index is 14.4. The van der Waals surface area contributed by atoms with Crippen molar-refractivity contribution in [3.05, 3.63) is 76.2 Å². The molecule has 0 spiro atoms. The molecule has 3 N–H and O–H groups in total. The van der Waals surface area contributed by atoms with Gasteiger partial charge in [-0.2, -0.15) is 0 Å². The van der Waals surface area contributed by atoms with Crippen LogP contribution in [0.3, 0.4) is 0 Å². The molecule has 0 bridgehead atoms. The van der Waals surface area contributed by atoms with Crippen molar-refractivity contribution in [2.45, 2.75) is 13.0 Å². The molecule has 1 aliphatic rings. The van der Waals surface area contributed by atoms with Crippen molar-refractivity contribution in [3.63, 3.8) is 0 Å². The molecule has 2 aromatic carbocycles. The summed E-state index contributed by atoms with van der Waals surface area (Å²) in [6.07, 6.45) is 0. The first-order valence-electron chi connectivity index (χ1n) is 7.56.